The number of rotatable bonds is 4. The molecule has 0 amide bonds. The lowest BCUT2D eigenvalue weighted by Gasteiger charge is -1.98. The number of aromatic nitrogens is 1. The molecule has 0 aliphatic rings. The highest BCUT2D eigenvalue weighted by Gasteiger charge is 2.22. The molecule has 18 heavy (non-hydrogen) atoms. The van der Waals surface area contributed by atoms with Gasteiger partial charge in [-0.25, -0.2) is 9.78 Å². The fourth-order valence-corrected chi connectivity index (χ4v) is 1.60. The third kappa shape index (κ3) is 2.30. The molecule has 2 aromatic heterocycles. The number of furan rings is 1. The largest absolute Gasteiger partial charge is 0.460 e. The molecule has 5 heteroatoms. The summed E-state index contributed by atoms with van der Waals surface area (Å²) in [6.07, 6.45) is 0.595. The van der Waals surface area contributed by atoms with Crippen LogP contribution in [-0.2, 0) is 11.2 Å². The molecule has 2 aromatic rings. The molecule has 0 spiro atoms. The number of hydrogen-bond donors (Lipinski definition) is 0. The third-order valence-electron chi connectivity index (χ3n) is 2.44. The standard InChI is InChI=1S/C13H15NO4/c1-4-9-11(13(15)16-5-2)18-12(14-9)10-7-6-8(3)17-10/h6-7H,4-5H2,1-3H3. The summed E-state index contributed by atoms with van der Waals surface area (Å²) < 4.78 is 15.8. The predicted molar refractivity (Wildman–Crippen MR) is 64.3 cm³/mol. The van der Waals surface area contributed by atoms with Crippen LogP contribution >= 0.6 is 0 Å². The lowest BCUT2D eigenvalue weighted by Crippen LogP contribution is -2.05. The number of esters is 1. The summed E-state index contributed by atoms with van der Waals surface area (Å²) in [7, 11) is 0. The van der Waals surface area contributed by atoms with Crippen molar-refractivity contribution in [3.63, 3.8) is 0 Å². The van der Waals surface area contributed by atoms with Crippen LogP contribution in [0.15, 0.2) is 21.0 Å². The van der Waals surface area contributed by atoms with E-state index in [1.807, 2.05) is 19.9 Å². The van der Waals surface area contributed by atoms with Crippen molar-refractivity contribution in [2.24, 2.45) is 0 Å². The van der Waals surface area contributed by atoms with E-state index < -0.39 is 5.97 Å². The Hall–Kier alpha value is -2.04. The van der Waals surface area contributed by atoms with Gasteiger partial charge in [0.15, 0.2) is 5.76 Å². The normalized spacial score (nSPS) is 10.6. The van der Waals surface area contributed by atoms with E-state index in [1.165, 1.54) is 0 Å². The molecule has 0 N–H and O–H groups in total. The number of hydrogen-bond acceptors (Lipinski definition) is 5. The highest BCUT2D eigenvalue weighted by Crippen LogP contribution is 2.24. The van der Waals surface area contributed by atoms with Crippen molar-refractivity contribution in [2.75, 3.05) is 6.61 Å². The van der Waals surface area contributed by atoms with E-state index in [0.717, 1.165) is 5.76 Å². The zero-order chi connectivity index (χ0) is 13.1. The van der Waals surface area contributed by atoms with Gasteiger partial charge in [-0.2, -0.15) is 0 Å². The molecule has 0 aromatic carbocycles. The smallest absolute Gasteiger partial charge is 0.376 e. The van der Waals surface area contributed by atoms with Crippen LogP contribution in [0, 0.1) is 6.92 Å². The van der Waals surface area contributed by atoms with E-state index in [1.54, 1.807) is 13.0 Å². The van der Waals surface area contributed by atoms with Crippen LogP contribution < -0.4 is 0 Å². The lowest BCUT2D eigenvalue weighted by atomic mass is 10.3. The van der Waals surface area contributed by atoms with Crippen molar-refractivity contribution in [3.8, 4) is 11.7 Å². The molecule has 0 aliphatic heterocycles. The Bertz CT molecular complexity index is 553. The average molecular weight is 249 g/mol. The number of nitrogens with zero attached hydrogens (tertiary/aromatic N) is 1. The summed E-state index contributed by atoms with van der Waals surface area (Å²) in [6.45, 7) is 5.78. The summed E-state index contributed by atoms with van der Waals surface area (Å²) in [5.41, 5.74) is 0.581. The molecular weight excluding hydrogens is 234 g/mol. The molecule has 0 aliphatic carbocycles. The van der Waals surface area contributed by atoms with Gasteiger partial charge < -0.3 is 13.6 Å². The molecule has 0 fully saturated rings. The van der Waals surface area contributed by atoms with E-state index in [9.17, 15) is 4.79 Å². The second kappa shape index (κ2) is 5.08. The molecule has 0 bridgehead atoms. The van der Waals surface area contributed by atoms with E-state index in [0.29, 0.717) is 30.4 Å². The Morgan fingerprint density at radius 1 is 1.33 bits per heavy atom. The van der Waals surface area contributed by atoms with Gasteiger partial charge in [0.25, 0.3) is 5.89 Å². The van der Waals surface area contributed by atoms with Gasteiger partial charge in [-0.1, -0.05) is 6.92 Å². The number of carbonyl (C=O) groups is 1. The lowest BCUT2D eigenvalue weighted by molar-refractivity contribution is 0.0489. The van der Waals surface area contributed by atoms with Gasteiger partial charge >= 0.3 is 5.97 Å². The summed E-state index contributed by atoms with van der Waals surface area (Å²) in [6, 6.07) is 3.57. The molecule has 96 valence electrons. The van der Waals surface area contributed by atoms with Crippen LogP contribution in [-0.4, -0.2) is 17.6 Å². The first-order valence-corrected chi connectivity index (χ1v) is 5.89. The topological polar surface area (TPSA) is 65.5 Å². The van der Waals surface area contributed by atoms with E-state index in [-0.39, 0.29) is 5.76 Å². The van der Waals surface area contributed by atoms with Crippen molar-refractivity contribution in [3.05, 3.63) is 29.3 Å². The minimum absolute atomic E-state index is 0.156. The van der Waals surface area contributed by atoms with Gasteiger partial charge in [0.1, 0.15) is 5.76 Å². The second-order valence-corrected chi connectivity index (χ2v) is 3.78. The van der Waals surface area contributed by atoms with Crippen LogP contribution in [0.3, 0.4) is 0 Å². The monoisotopic (exact) mass is 249 g/mol. The van der Waals surface area contributed by atoms with Crippen LogP contribution in [0.4, 0.5) is 0 Å². The van der Waals surface area contributed by atoms with Gasteiger partial charge in [0.2, 0.25) is 5.76 Å². The van der Waals surface area contributed by atoms with Crippen LogP contribution in [0.2, 0.25) is 0 Å². The van der Waals surface area contributed by atoms with Gasteiger partial charge in [0.05, 0.1) is 12.3 Å². The molecule has 5 nitrogen and oxygen atoms in total. The van der Waals surface area contributed by atoms with Gasteiger partial charge in [0, 0.05) is 0 Å². The summed E-state index contributed by atoms with van der Waals surface area (Å²) in [5, 5.41) is 0. The Labute approximate surface area is 105 Å². The Kier molecular flexibility index (Phi) is 3.50. The predicted octanol–water partition coefficient (Wildman–Crippen LogP) is 2.98. The number of ether oxygens (including phenoxy) is 1. The maximum absolute atomic E-state index is 11.7. The zero-order valence-electron chi connectivity index (χ0n) is 10.6. The maximum Gasteiger partial charge on any atom is 0.376 e. The number of oxazole rings is 1. The van der Waals surface area contributed by atoms with Crippen LogP contribution in [0.5, 0.6) is 0 Å². The molecule has 2 rings (SSSR count). The molecule has 0 unspecified atom stereocenters. The molecule has 0 saturated carbocycles. The highest BCUT2D eigenvalue weighted by molar-refractivity contribution is 5.87. The minimum atomic E-state index is -0.489. The summed E-state index contributed by atoms with van der Waals surface area (Å²) in [4.78, 5) is 15.9. The Morgan fingerprint density at radius 3 is 2.67 bits per heavy atom. The second-order valence-electron chi connectivity index (χ2n) is 3.78. The third-order valence-corrected chi connectivity index (χ3v) is 2.44. The molecule has 0 saturated heterocycles. The quantitative estimate of drug-likeness (QED) is 0.779. The fraction of sp³-hybridized carbons (Fsp3) is 0.385. The molecule has 0 radical (unpaired) electrons. The van der Waals surface area contributed by atoms with Crippen LogP contribution in [0.25, 0.3) is 11.7 Å². The van der Waals surface area contributed by atoms with Gasteiger partial charge in [-0.15, -0.1) is 0 Å². The van der Waals surface area contributed by atoms with Crippen molar-refractivity contribution < 1.29 is 18.4 Å². The first-order chi connectivity index (χ1) is 8.65. The van der Waals surface area contributed by atoms with Gasteiger partial charge in [-0.3, -0.25) is 0 Å². The Balaban J connectivity index is 2.37. The zero-order valence-corrected chi connectivity index (χ0v) is 10.6. The van der Waals surface area contributed by atoms with Crippen molar-refractivity contribution in [1.82, 2.24) is 4.98 Å². The van der Waals surface area contributed by atoms with E-state index in [4.69, 9.17) is 13.6 Å². The van der Waals surface area contributed by atoms with E-state index >= 15 is 0 Å². The van der Waals surface area contributed by atoms with Crippen molar-refractivity contribution >= 4 is 5.97 Å². The first kappa shape index (κ1) is 12.4. The molecule has 2 heterocycles. The number of carbonyl (C=O) groups excluding carboxylic acids is 1. The van der Waals surface area contributed by atoms with Crippen molar-refractivity contribution in [2.45, 2.75) is 27.2 Å². The Morgan fingerprint density at radius 2 is 2.11 bits per heavy atom. The SMILES string of the molecule is CCOC(=O)c1oc(-c2ccc(C)o2)nc1CC. The first-order valence-electron chi connectivity index (χ1n) is 5.89. The molecule has 0 atom stereocenters. The highest BCUT2D eigenvalue weighted by atomic mass is 16.5. The maximum atomic E-state index is 11.7. The minimum Gasteiger partial charge on any atom is -0.460 e. The van der Waals surface area contributed by atoms with Crippen molar-refractivity contribution in [1.29, 1.82) is 0 Å². The fourth-order valence-electron chi connectivity index (χ4n) is 1.60. The van der Waals surface area contributed by atoms with Gasteiger partial charge in [-0.05, 0) is 32.4 Å². The van der Waals surface area contributed by atoms with Crippen LogP contribution in [0.1, 0.15) is 35.9 Å². The molecular formula is C13H15NO4. The summed E-state index contributed by atoms with van der Waals surface area (Å²) >= 11 is 0. The summed E-state index contributed by atoms with van der Waals surface area (Å²) in [5.74, 6) is 1.25. The average Bonchev–Trinajstić information content (AvgIpc) is 2.94. The number of aryl methyl sites for hydroxylation is 2. The van der Waals surface area contributed by atoms with E-state index in [2.05, 4.69) is 4.98 Å².